The summed E-state index contributed by atoms with van der Waals surface area (Å²) in [4.78, 5) is 12.7. The molecule has 0 aliphatic carbocycles. The zero-order chi connectivity index (χ0) is 20.2. The van der Waals surface area contributed by atoms with Crippen LogP contribution in [0.25, 0.3) is 20.7 Å². The molecule has 0 saturated carbocycles. The van der Waals surface area contributed by atoms with E-state index in [2.05, 4.69) is 20.2 Å². The number of methoxy groups -OCH3 is 1. The van der Waals surface area contributed by atoms with Crippen molar-refractivity contribution in [2.45, 2.75) is 31.1 Å². The number of anilines is 1. The van der Waals surface area contributed by atoms with E-state index in [1.807, 2.05) is 6.07 Å². The maximum absolute atomic E-state index is 13.2. The SMILES string of the molecule is COc1ccc(C(F)(F)F)cc1-c1cc2c(N3CC4CCC3CN4)ncnc2s1. The minimum atomic E-state index is -4.41. The Balaban J connectivity index is 1.61. The summed E-state index contributed by atoms with van der Waals surface area (Å²) in [7, 11) is 1.46. The van der Waals surface area contributed by atoms with Crippen LogP contribution in [0.15, 0.2) is 30.6 Å². The van der Waals surface area contributed by atoms with Gasteiger partial charge in [-0.1, -0.05) is 0 Å². The van der Waals surface area contributed by atoms with Crippen LogP contribution < -0.4 is 15.0 Å². The molecule has 1 N–H and O–H groups in total. The first-order valence-electron chi connectivity index (χ1n) is 9.44. The highest BCUT2D eigenvalue weighted by molar-refractivity contribution is 7.22. The van der Waals surface area contributed by atoms with Crippen LogP contribution in [-0.4, -0.2) is 42.3 Å². The van der Waals surface area contributed by atoms with Crippen LogP contribution in [0, 0.1) is 0 Å². The summed E-state index contributed by atoms with van der Waals surface area (Å²) in [5.74, 6) is 1.26. The number of hydrogen-bond donors (Lipinski definition) is 1. The molecule has 3 aliphatic heterocycles. The molecule has 2 aromatic heterocycles. The quantitative estimate of drug-likeness (QED) is 0.684. The van der Waals surface area contributed by atoms with Gasteiger partial charge in [0.05, 0.1) is 18.1 Å². The molecule has 3 aromatic rings. The van der Waals surface area contributed by atoms with E-state index >= 15 is 0 Å². The van der Waals surface area contributed by atoms with Gasteiger partial charge in [-0.3, -0.25) is 0 Å². The molecule has 152 valence electrons. The number of nitrogens with one attached hydrogen (secondary N) is 1. The fourth-order valence-corrected chi connectivity index (χ4v) is 5.26. The molecule has 6 rings (SSSR count). The number of ether oxygens (including phenoxy) is 1. The van der Waals surface area contributed by atoms with Gasteiger partial charge in [-0.05, 0) is 37.1 Å². The van der Waals surface area contributed by atoms with Crippen molar-refractivity contribution in [3.05, 3.63) is 36.2 Å². The largest absolute Gasteiger partial charge is 0.496 e. The first-order valence-corrected chi connectivity index (χ1v) is 10.3. The van der Waals surface area contributed by atoms with E-state index < -0.39 is 11.7 Å². The molecule has 3 saturated heterocycles. The molecule has 0 radical (unpaired) electrons. The second-order valence-corrected chi connectivity index (χ2v) is 8.46. The summed E-state index contributed by atoms with van der Waals surface area (Å²) in [6.07, 6.45) is -0.604. The average molecular weight is 420 g/mol. The first kappa shape index (κ1) is 18.6. The van der Waals surface area contributed by atoms with Crippen molar-refractivity contribution in [1.82, 2.24) is 15.3 Å². The third-order valence-corrected chi connectivity index (χ3v) is 6.80. The Kier molecular flexibility index (Phi) is 4.40. The van der Waals surface area contributed by atoms with Gasteiger partial charge in [0.25, 0.3) is 0 Å². The van der Waals surface area contributed by atoms with E-state index in [0.717, 1.165) is 54.1 Å². The fraction of sp³-hybridized carbons (Fsp3) is 0.400. The Morgan fingerprint density at radius 3 is 2.72 bits per heavy atom. The van der Waals surface area contributed by atoms with Crippen molar-refractivity contribution in [1.29, 1.82) is 0 Å². The summed E-state index contributed by atoms with van der Waals surface area (Å²) in [6, 6.07) is 6.27. The Bertz CT molecular complexity index is 1060. The van der Waals surface area contributed by atoms with Crippen molar-refractivity contribution in [3.63, 3.8) is 0 Å². The third-order valence-electron chi connectivity index (χ3n) is 5.72. The molecule has 9 heteroatoms. The number of halogens is 3. The molecule has 29 heavy (non-hydrogen) atoms. The highest BCUT2D eigenvalue weighted by Gasteiger charge is 2.35. The summed E-state index contributed by atoms with van der Waals surface area (Å²) in [5, 5.41) is 4.40. The van der Waals surface area contributed by atoms with Crippen LogP contribution in [0.4, 0.5) is 19.0 Å². The zero-order valence-electron chi connectivity index (χ0n) is 15.7. The minimum Gasteiger partial charge on any atom is -0.496 e. The molecule has 3 aliphatic rings. The number of alkyl halides is 3. The van der Waals surface area contributed by atoms with Crippen LogP contribution in [0.1, 0.15) is 18.4 Å². The monoisotopic (exact) mass is 420 g/mol. The second kappa shape index (κ2) is 6.84. The van der Waals surface area contributed by atoms with E-state index in [0.29, 0.717) is 28.3 Å². The van der Waals surface area contributed by atoms with Gasteiger partial charge in [0.2, 0.25) is 0 Å². The minimum absolute atomic E-state index is 0.379. The van der Waals surface area contributed by atoms with Gasteiger partial charge in [-0.25, -0.2) is 9.97 Å². The Morgan fingerprint density at radius 2 is 2.07 bits per heavy atom. The van der Waals surface area contributed by atoms with Crippen LogP contribution in [0.2, 0.25) is 0 Å². The van der Waals surface area contributed by atoms with E-state index in [9.17, 15) is 13.2 Å². The smallest absolute Gasteiger partial charge is 0.416 e. The summed E-state index contributed by atoms with van der Waals surface area (Å²) in [5.41, 5.74) is -0.283. The summed E-state index contributed by atoms with van der Waals surface area (Å²) < 4.78 is 45.1. The van der Waals surface area contributed by atoms with Crippen LogP contribution in [0.3, 0.4) is 0 Å². The molecule has 2 bridgehead atoms. The van der Waals surface area contributed by atoms with Crippen LogP contribution in [-0.2, 0) is 6.18 Å². The van der Waals surface area contributed by atoms with Crippen LogP contribution >= 0.6 is 11.3 Å². The highest BCUT2D eigenvalue weighted by atomic mass is 32.1. The molecule has 5 heterocycles. The number of piperazine rings is 1. The molecule has 2 atom stereocenters. The topological polar surface area (TPSA) is 50.3 Å². The van der Waals surface area contributed by atoms with Crippen molar-refractivity contribution in [3.8, 4) is 16.2 Å². The summed E-state index contributed by atoms with van der Waals surface area (Å²) in [6.45, 7) is 1.81. The van der Waals surface area contributed by atoms with Gasteiger partial charge < -0.3 is 15.0 Å². The standard InChI is InChI=1S/C20H19F3N4OS/c1-28-16-5-2-11(20(21,22)23)6-14(16)17-7-15-18(25-10-26-19(15)29-17)27-9-12-3-4-13(27)8-24-12/h2,5-7,10,12-13,24H,3-4,8-9H2,1H3. The van der Waals surface area contributed by atoms with Gasteiger partial charge in [-0.15, -0.1) is 11.3 Å². The van der Waals surface area contributed by atoms with E-state index in [-0.39, 0.29) is 0 Å². The van der Waals surface area contributed by atoms with Crippen molar-refractivity contribution >= 4 is 27.4 Å². The number of nitrogens with zero attached hydrogens (tertiary/aromatic N) is 3. The van der Waals surface area contributed by atoms with Gasteiger partial charge in [0, 0.05) is 35.6 Å². The lowest BCUT2D eigenvalue weighted by molar-refractivity contribution is -0.137. The molecular formula is C20H19F3N4OS. The maximum Gasteiger partial charge on any atom is 0.416 e. The zero-order valence-corrected chi connectivity index (χ0v) is 16.5. The number of piperidine rings is 2. The third kappa shape index (κ3) is 3.22. The van der Waals surface area contributed by atoms with Gasteiger partial charge in [0.15, 0.2) is 0 Å². The predicted octanol–water partition coefficient (Wildman–Crippen LogP) is 4.33. The molecule has 1 aromatic carbocycles. The van der Waals surface area contributed by atoms with Crippen LogP contribution in [0.5, 0.6) is 5.75 Å². The lowest BCUT2D eigenvalue weighted by Crippen LogP contribution is -2.61. The van der Waals surface area contributed by atoms with Gasteiger partial charge >= 0.3 is 6.18 Å². The molecule has 5 nitrogen and oxygen atoms in total. The number of aromatic nitrogens is 2. The number of hydrogen-bond acceptors (Lipinski definition) is 6. The molecule has 0 spiro atoms. The lowest BCUT2D eigenvalue weighted by atomic mass is 9.93. The number of thiophene rings is 1. The number of rotatable bonds is 3. The fourth-order valence-electron chi connectivity index (χ4n) is 4.25. The average Bonchev–Trinajstić information content (AvgIpc) is 3.17. The second-order valence-electron chi connectivity index (χ2n) is 7.43. The molecular weight excluding hydrogens is 401 g/mol. The van der Waals surface area contributed by atoms with Crippen molar-refractivity contribution < 1.29 is 17.9 Å². The van der Waals surface area contributed by atoms with Gasteiger partial charge in [0.1, 0.15) is 22.7 Å². The van der Waals surface area contributed by atoms with Crippen molar-refractivity contribution in [2.24, 2.45) is 0 Å². The number of fused-ring (bicyclic) bond motifs is 4. The molecule has 3 fully saturated rings. The van der Waals surface area contributed by atoms with E-state index in [4.69, 9.17) is 4.74 Å². The summed E-state index contributed by atoms with van der Waals surface area (Å²) >= 11 is 1.36. The Hall–Kier alpha value is -2.39. The number of benzene rings is 1. The predicted molar refractivity (Wildman–Crippen MR) is 107 cm³/mol. The maximum atomic E-state index is 13.2. The normalized spacial score (nSPS) is 21.7. The highest BCUT2D eigenvalue weighted by Crippen LogP contribution is 2.43. The van der Waals surface area contributed by atoms with Crippen molar-refractivity contribution in [2.75, 3.05) is 25.1 Å². The molecule has 2 unspecified atom stereocenters. The van der Waals surface area contributed by atoms with E-state index in [1.54, 1.807) is 0 Å². The van der Waals surface area contributed by atoms with E-state index in [1.165, 1.54) is 30.8 Å². The molecule has 0 amide bonds. The lowest BCUT2D eigenvalue weighted by Gasteiger charge is -2.46. The first-order chi connectivity index (χ1) is 13.9. The van der Waals surface area contributed by atoms with Gasteiger partial charge in [-0.2, -0.15) is 13.2 Å². The Morgan fingerprint density at radius 1 is 1.21 bits per heavy atom. The Labute approximate surface area is 169 Å².